The van der Waals surface area contributed by atoms with Crippen molar-refractivity contribution in [2.45, 2.75) is 12.1 Å². The molecule has 2 unspecified atom stereocenters. The number of carbonyl (C=O) groups is 2. The van der Waals surface area contributed by atoms with Crippen LogP contribution in [-0.4, -0.2) is 90.2 Å². The Morgan fingerprint density at radius 2 is 1.93 bits per heavy atom. The zero-order valence-electron chi connectivity index (χ0n) is 16.9. The number of amides is 3. The molecule has 3 aliphatic rings. The number of nitrogens with zero attached hydrogens (tertiary/aromatic N) is 4. The van der Waals surface area contributed by atoms with Crippen LogP contribution in [0.25, 0.3) is 11.1 Å². The lowest BCUT2D eigenvalue weighted by Crippen LogP contribution is -2.48. The summed E-state index contributed by atoms with van der Waals surface area (Å²) in [6.45, 7) is 3.23. The minimum absolute atomic E-state index is 0.0137. The van der Waals surface area contributed by atoms with Gasteiger partial charge in [0.1, 0.15) is 11.9 Å². The van der Waals surface area contributed by atoms with Crippen LogP contribution in [0.3, 0.4) is 0 Å². The van der Waals surface area contributed by atoms with Gasteiger partial charge in [-0.2, -0.15) is 0 Å². The van der Waals surface area contributed by atoms with E-state index in [0.717, 1.165) is 11.1 Å². The second kappa shape index (κ2) is 7.60. The third kappa shape index (κ3) is 3.27. The number of rotatable bonds is 1. The summed E-state index contributed by atoms with van der Waals surface area (Å²) in [6.07, 6.45) is 3.24. The molecule has 3 amide bonds. The van der Waals surface area contributed by atoms with Crippen molar-refractivity contribution in [2.24, 2.45) is 0 Å². The van der Waals surface area contributed by atoms with Crippen molar-refractivity contribution in [3.8, 4) is 16.9 Å². The number of likely N-dealkylation sites (tertiary alicyclic amines) is 1. The zero-order valence-corrected chi connectivity index (χ0v) is 16.9. The molecule has 2 fully saturated rings. The molecule has 0 bridgehead atoms. The van der Waals surface area contributed by atoms with Gasteiger partial charge in [0.05, 0.1) is 31.4 Å². The highest BCUT2D eigenvalue weighted by Gasteiger charge is 2.44. The maximum Gasteiger partial charge on any atom is 0.320 e. The van der Waals surface area contributed by atoms with Crippen molar-refractivity contribution in [2.75, 3.05) is 46.4 Å². The minimum Gasteiger partial charge on any atom is -0.485 e. The van der Waals surface area contributed by atoms with Crippen LogP contribution in [0.5, 0.6) is 5.75 Å². The first-order valence-electron chi connectivity index (χ1n) is 10.2. The molecule has 0 N–H and O–H groups in total. The number of ether oxygens (including phenoxy) is 2. The third-order valence-corrected chi connectivity index (χ3v) is 6.09. The molecule has 2 aromatic rings. The van der Waals surface area contributed by atoms with Gasteiger partial charge < -0.3 is 24.2 Å². The van der Waals surface area contributed by atoms with E-state index in [2.05, 4.69) is 4.98 Å². The number of urea groups is 1. The van der Waals surface area contributed by atoms with E-state index < -0.39 is 0 Å². The van der Waals surface area contributed by atoms with Gasteiger partial charge in [-0.05, 0) is 23.8 Å². The maximum absolute atomic E-state index is 13.1. The molecule has 2 saturated heterocycles. The number of aromatic nitrogens is 1. The van der Waals surface area contributed by atoms with Gasteiger partial charge in [0, 0.05) is 44.6 Å². The monoisotopic (exact) mass is 408 g/mol. The van der Waals surface area contributed by atoms with Crippen LogP contribution in [0.1, 0.15) is 10.4 Å². The van der Waals surface area contributed by atoms with E-state index in [4.69, 9.17) is 9.47 Å². The lowest BCUT2D eigenvalue weighted by atomic mass is 10.0. The highest BCUT2D eigenvalue weighted by Crippen LogP contribution is 2.34. The van der Waals surface area contributed by atoms with Crippen LogP contribution in [0.4, 0.5) is 4.79 Å². The highest BCUT2D eigenvalue weighted by atomic mass is 16.5. The summed E-state index contributed by atoms with van der Waals surface area (Å²) >= 11 is 0. The van der Waals surface area contributed by atoms with E-state index in [1.54, 1.807) is 29.2 Å². The average molecular weight is 408 g/mol. The Balaban J connectivity index is 1.41. The van der Waals surface area contributed by atoms with Gasteiger partial charge in [-0.1, -0.05) is 12.1 Å². The van der Waals surface area contributed by atoms with Crippen LogP contribution >= 0.6 is 0 Å². The van der Waals surface area contributed by atoms with Gasteiger partial charge in [0.2, 0.25) is 0 Å². The molecule has 8 nitrogen and oxygen atoms in total. The summed E-state index contributed by atoms with van der Waals surface area (Å²) in [5.41, 5.74) is 2.45. The van der Waals surface area contributed by atoms with Gasteiger partial charge in [0.15, 0.2) is 0 Å². The summed E-state index contributed by atoms with van der Waals surface area (Å²) in [6, 6.07) is 9.28. The lowest BCUT2D eigenvalue weighted by molar-refractivity contribution is 0.0441. The molecule has 0 radical (unpaired) electrons. The molecule has 30 heavy (non-hydrogen) atoms. The summed E-state index contributed by atoms with van der Waals surface area (Å²) in [5, 5.41) is 0. The summed E-state index contributed by atoms with van der Waals surface area (Å²) < 4.78 is 11.7. The fourth-order valence-corrected chi connectivity index (χ4v) is 4.37. The van der Waals surface area contributed by atoms with Crippen molar-refractivity contribution < 1.29 is 19.1 Å². The first kappa shape index (κ1) is 18.9. The second-order valence-corrected chi connectivity index (χ2v) is 7.88. The molecule has 156 valence electrons. The van der Waals surface area contributed by atoms with Gasteiger partial charge in [-0.25, -0.2) is 4.79 Å². The van der Waals surface area contributed by atoms with E-state index in [1.165, 1.54) is 0 Å². The predicted molar refractivity (Wildman–Crippen MR) is 109 cm³/mol. The molecule has 3 aliphatic heterocycles. The zero-order chi connectivity index (χ0) is 20.7. The quantitative estimate of drug-likeness (QED) is 0.718. The number of carbonyl (C=O) groups excluding carboxylic acids is 2. The molecule has 0 aliphatic carbocycles. The molecule has 1 aromatic heterocycles. The topological polar surface area (TPSA) is 75.2 Å². The third-order valence-electron chi connectivity index (χ3n) is 6.09. The first-order chi connectivity index (χ1) is 14.6. The SMILES string of the molecule is CN1C(=O)c2ccc(-c3cccnc3)cc2OC2CN(C(=O)N3CCOCC3)CC21. The first-order valence-corrected chi connectivity index (χ1v) is 10.2. The van der Waals surface area contributed by atoms with Crippen LogP contribution in [0.2, 0.25) is 0 Å². The predicted octanol–water partition coefficient (Wildman–Crippen LogP) is 1.72. The van der Waals surface area contributed by atoms with E-state index in [0.29, 0.717) is 50.7 Å². The van der Waals surface area contributed by atoms with Gasteiger partial charge in [-0.15, -0.1) is 0 Å². The number of hydrogen-bond acceptors (Lipinski definition) is 5. The lowest BCUT2D eigenvalue weighted by Gasteiger charge is -2.31. The smallest absolute Gasteiger partial charge is 0.320 e. The van der Waals surface area contributed by atoms with E-state index in [-0.39, 0.29) is 24.1 Å². The average Bonchev–Trinajstić information content (AvgIpc) is 3.18. The number of morpholine rings is 1. The van der Waals surface area contributed by atoms with Crippen LogP contribution < -0.4 is 4.74 Å². The van der Waals surface area contributed by atoms with Crippen molar-refractivity contribution in [1.82, 2.24) is 19.7 Å². The van der Waals surface area contributed by atoms with Crippen molar-refractivity contribution in [1.29, 1.82) is 0 Å². The fourth-order valence-electron chi connectivity index (χ4n) is 4.37. The van der Waals surface area contributed by atoms with Crippen LogP contribution in [-0.2, 0) is 4.74 Å². The number of pyridine rings is 1. The fraction of sp³-hybridized carbons (Fsp3) is 0.409. The Morgan fingerprint density at radius 3 is 2.70 bits per heavy atom. The maximum atomic E-state index is 13.1. The van der Waals surface area contributed by atoms with Gasteiger partial charge in [-0.3, -0.25) is 9.78 Å². The molecular formula is C22H24N4O4. The minimum atomic E-state index is -0.269. The number of benzene rings is 1. The van der Waals surface area contributed by atoms with Crippen LogP contribution in [0.15, 0.2) is 42.7 Å². The van der Waals surface area contributed by atoms with Crippen molar-refractivity contribution in [3.05, 3.63) is 48.3 Å². The summed E-state index contributed by atoms with van der Waals surface area (Å²) in [4.78, 5) is 35.5. The standard InChI is InChI=1S/C22H24N4O4/c1-24-18-13-26(22(28)25-7-9-29-10-8-25)14-20(18)30-19-11-15(4-5-17(19)21(24)27)16-3-2-6-23-12-16/h2-6,11-12,18,20H,7-10,13-14H2,1H3. The van der Waals surface area contributed by atoms with Crippen molar-refractivity contribution >= 4 is 11.9 Å². The summed E-state index contributed by atoms with van der Waals surface area (Å²) in [5.74, 6) is 0.470. The molecule has 8 heteroatoms. The van der Waals surface area contributed by atoms with E-state index in [1.807, 2.05) is 35.2 Å². The molecule has 1 aromatic carbocycles. The van der Waals surface area contributed by atoms with Crippen molar-refractivity contribution in [3.63, 3.8) is 0 Å². The van der Waals surface area contributed by atoms with E-state index in [9.17, 15) is 9.59 Å². The molecule has 0 saturated carbocycles. The molecule has 2 atom stereocenters. The second-order valence-electron chi connectivity index (χ2n) is 7.88. The molecular weight excluding hydrogens is 384 g/mol. The Morgan fingerprint density at radius 1 is 1.10 bits per heavy atom. The molecule has 5 rings (SSSR count). The Kier molecular flexibility index (Phi) is 4.78. The summed E-state index contributed by atoms with van der Waals surface area (Å²) in [7, 11) is 1.79. The number of fused-ring (bicyclic) bond motifs is 2. The molecule has 4 heterocycles. The number of likely N-dealkylation sites (N-methyl/N-ethyl adjacent to an activating group) is 1. The Bertz CT molecular complexity index is 961. The largest absolute Gasteiger partial charge is 0.485 e. The Labute approximate surface area is 175 Å². The van der Waals surface area contributed by atoms with Gasteiger partial charge >= 0.3 is 6.03 Å². The van der Waals surface area contributed by atoms with E-state index >= 15 is 0 Å². The van der Waals surface area contributed by atoms with Crippen LogP contribution in [0, 0.1) is 0 Å². The normalized spacial score (nSPS) is 23.5. The number of hydrogen-bond donors (Lipinski definition) is 0. The Hall–Kier alpha value is -3.13. The highest BCUT2D eigenvalue weighted by molar-refractivity contribution is 5.98. The molecule has 0 spiro atoms. The van der Waals surface area contributed by atoms with Gasteiger partial charge in [0.25, 0.3) is 5.91 Å².